The summed E-state index contributed by atoms with van der Waals surface area (Å²) in [7, 11) is 6.84. The van der Waals surface area contributed by atoms with E-state index in [9.17, 15) is 9.59 Å². The van der Waals surface area contributed by atoms with Crippen LogP contribution in [-0.2, 0) is 6.61 Å². The number of hydrogen-bond donors (Lipinski definition) is 1. The molecule has 0 aliphatic heterocycles. The van der Waals surface area contributed by atoms with E-state index in [2.05, 4.69) is 5.32 Å². The van der Waals surface area contributed by atoms with Crippen molar-refractivity contribution in [2.45, 2.75) is 6.61 Å². The average molecular weight is 449 g/mol. The van der Waals surface area contributed by atoms with Crippen molar-refractivity contribution in [2.24, 2.45) is 0 Å². The minimum atomic E-state index is -0.417. The van der Waals surface area contributed by atoms with Gasteiger partial charge in [0.15, 0.2) is 17.3 Å². The minimum Gasteiger partial charge on any atom is -0.493 e. The van der Waals surface area contributed by atoms with Gasteiger partial charge in [0, 0.05) is 30.9 Å². The first kappa shape index (κ1) is 23.7. The van der Waals surface area contributed by atoms with E-state index in [-0.39, 0.29) is 12.3 Å². The Labute approximate surface area is 193 Å². The van der Waals surface area contributed by atoms with Crippen LogP contribution >= 0.6 is 0 Å². The zero-order chi connectivity index (χ0) is 23.8. The van der Waals surface area contributed by atoms with Crippen LogP contribution in [0.5, 0.6) is 17.2 Å². The van der Waals surface area contributed by atoms with Crippen molar-refractivity contribution < 1.29 is 23.8 Å². The fourth-order valence-electron chi connectivity index (χ4n) is 3.19. The summed E-state index contributed by atoms with van der Waals surface area (Å²) < 4.78 is 16.8. The number of Topliss-reactive ketones (excluding diaryl/α,β-unsaturated/α-hetero) is 1. The second kappa shape index (κ2) is 11.0. The molecule has 0 aliphatic rings. The molecule has 0 aromatic heterocycles. The molecule has 7 nitrogen and oxygen atoms in total. The van der Waals surface area contributed by atoms with Crippen molar-refractivity contribution in [3.8, 4) is 17.2 Å². The number of carbonyl (C=O) groups is 2. The number of methoxy groups -OCH3 is 2. The van der Waals surface area contributed by atoms with Gasteiger partial charge in [-0.1, -0.05) is 30.3 Å². The van der Waals surface area contributed by atoms with E-state index in [1.54, 1.807) is 24.3 Å². The Morgan fingerprint density at radius 3 is 2.00 bits per heavy atom. The third kappa shape index (κ3) is 6.04. The molecule has 0 atom stereocenters. The number of nitrogens with zero attached hydrogens (tertiary/aromatic N) is 1. The monoisotopic (exact) mass is 448 g/mol. The minimum absolute atomic E-state index is 0.128. The summed E-state index contributed by atoms with van der Waals surface area (Å²) in [5, 5.41) is 2.66. The molecular weight excluding hydrogens is 420 g/mol. The summed E-state index contributed by atoms with van der Waals surface area (Å²) in [5.41, 5.74) is 2.80. The van der Waals surface area contributed by atoms with Crippen molar-refractivity contribution in [2.75, 3.05) is 39.8 Å². The Kier molecular flexibility index (Phi) is 7.91. The molecule has 3 aromatic carbocycles. The van der Waals surface area contributed by atoms with Crippen LogP contribution in [0.15, 0.2) is 66.7 Å². The number of rotatable bonds is 10. The van der Waals surface area contributed by atoms with E-state index in [1.165, 1.54) is 14.2 Å². The van der Waals surface area contributed by atoms with Crippen LogP contribution in [0.3, 0.4) is 0 Å². The second-order valence-electron chi connectivity index (χ2n) is 7.53. The molecule has 33 heavy (non-hydrogen) atoms. The Bertz CT molecular complexity index is 1070. The molecule has 3 aromatic rings. The molecule has 0 saturated carbocycles. The van der Waals surface area contributed by atoms with Gasteiger partial charge in [0.1, 0.15) is 6.61 Å². The van der Waals surface area contributed by atoms with Crippen molar-refractivity contribution in [1.82, 2.24) is 5.32 Å². The lowest BCUT2D eigenvalue weighted by atomic mass is 10.1. The van der Waals surface area contributed by atoms with E-state index in [0.717, 1.165) is 11.3 Å². The van der Waals surface area contributed by atoms with Gasteiger partial charge in [-0.2, -0.15) is 0 Å². The third-order valence-electron chi connectivity index (χ3n) is 5.06. The van der Waals surface area contributed by atoms with Crippen LogP contribution in [0.4, 0.5) is 5.69 Å². The molecular formula is C26H28N2O5. The second-order valence-corrected chi connectivity index (χ2v) is 7.53. The highest BCUT2D eigenvalue weighted by Gasteiger charge is 2.18. The van der Waals surface area contributed by atoms with Gasteiger partial charge < -0.3 is 24.4 Å². The maximum absolute atomic E-state index is 12.7. The van der Waals surface area contributed by atoms with Crippen LogP contribution in [0.25, 0.3) is 0 Å². The van der Waals surface area contributed by atoms with E-state index < -0.39 is 5.91 Å². The fourth-order valence-corrected chi connectivity index (χ4v) is 3.19. The highest BCUT2D eigenvalue weighted by Crippen LogP contribution is 2.39. The smallest absolute Gasteiger partial charge is 0.251 e. The highest BCUT2D eigenvalue weighted by atomic mass is 16.5. The molecule has 172 valence electrons. The van der Waals surface area contributed by atoms with Gasteiger partial charge in [-0.3, -0.25) is 9.59 Å². The number of carbonyl (C=O) groups excluding carboxylic acids is 2. The van der Waals surface area contributed by atoms with Gasteiger partial charge in [0.05, 0.1) is 20.8 Å². The largest absolute Gasteiger partial charge is 0.493 e. The molecule has 0 fully saturated rings. The van der Waals surface area contributed by atoms with Gasteiger partial charge in [0.25, 0.3) is 5.91 Å². The quantitative estimate of drug-likeness (QED) is 0.473. The lowest BCUT2D eigenvalue weighted by Crippen LogP contribution is -2.29. The van der Waals surface area contributed by atoms with Gasteiger partial charge in [-0.05, 0) is 42.0 Å². The zero-order valence-corrected chi connectivity index (χ0v) is 19.3. The van der Waals surface area contributed by atoms with Crippen molar-refractivity contribution in [1.29, 1.82) is 0 Å². The number of anilines is 1. The lowest BCUT2D eigenvalue weighted by Gasteiger charge is -2.16. The summed E-state index contributed by atoms with van der Waals surface area (Å²) in [6.45, 7) is 0.192. The third-order valence-corrected chi connectivity index (χ3v) is 5.06. The lowest BCUT2D eigenvalue weighted by molar-refractivity contribution is 0.0903. The Hall–Kier alpha value is -4.00. The van der Waals surface area contributed by atoms with Crippen LogP contribution in [0, 0.1) is 0 Å². The van der Waals surface area contributed by atoms with E-state index in [4.69, 9.17) is 14.2 Å². The van der Waals surface area contributed by atoms with Crippen LogP contribution < -0.4 is 24.4 Å². The van der Waals surface area contributed by atoms with E-state index >= 15 is 0 Å². The summed E-state index contributed by atoms with van der Waals surface area (Å²) in [5.74, 6) is 0.523. The van der Waals surface area contributed by atoms with Gasteiger partial charge in [-0.15, -0.1) is 0 Å². The maximum atomic E-state index is 12.7. The average Bonchev–Trinajstić information content (AvgIpc) is 2.85. The summed E-state index contributed by atoms with van der Waals surface area (Å²) in [4.78, 5) is 27.2. The molecule has 0 bridgehead atoms. The molecule has 7 heteroatoms. The van der Waals surface area contributed by atoms with Crippen LogP contribution in [-0.4, -0.2) is 46.6 Å². The molecule has 0 spiro atoms. The number of ether oxygens (including phenoxy) is 3. The molecule has 3 rings (SSSR count). The summed E-state index contributed by atoms with van der Waals surface area (Å²) in [6.07, 6.45) is 0. The first-order valence-electron chi connectivity index (χ1n) is 10.4. The van der Waals surface area contributed by atoms with Gasteiger partial charge >= 0.3 is 0 Å². The molecule has 0 unspecified atom stereocenters. The number of hydrogen-bond acceptors (Lipinski definition) is 6. The first-order valence-corrected chi connectivity index (χ1v) is 10.4. The summed E-state index contributed by atoms with van der Waals surface area (Å²) in [6, 6.07) is 20.0. The molecule has 0 saturated heterocycles. The van der Waals surface area contributed by atoms with Crippen LogP contribution in [0.2, 0.25) is 0 Å². The van der Waals surface area contributed by atoms with Crippen molar-refractivity contribution >= 4 is 17.4 Å². The van der Waals surface area contributed by atoms with E-state index in [1.807, 2.05) is 61.5 Å². The Morgan fingerprint density at radius 2 is 1.45 bits per heavy atom. The number of ketones is 1. The number of amides is 1. The normalized spacial score (nSPS) is 10.3. The Balaban J connectivity index is 1.70. The molecule has 1 amide bonds. The topological polar surface area (TPSA) is 77.1 Å². The standard InChI is InChI=1S/C26H28N2O5/c1-28(2)21-12-10-19(11-13-21)22(29)16-27-26(30)20-14-23(31-3)25(24(15-20)32-4)33-17-18-8-6-5-7-9-18/h5-15H,16-17H2,1-4H3,(H,27,30). The zero-order valence-electron chi connectivity index (χ0n) is 19.3. The Morgan fingerprint density at radius 1 is 0.848 bits per heavy atom. The van der Waals surface area contributed by atoms with Crippen LogP contribution in [0.1, 0.15) is 26.3 Å². The van der Waals surface area contributed by atoms with Crippen molar-refractivity contribution in [3.05, 3.63) is 83.4 Å². The molecule has 0 heterocycles. The first-order chi connectivity index (χ1) is 15.9. The van der Waals surface area contributed by atoms with E-state index in [0.29, 0.717) is 35.0 Å². The molecule has 1 N–H and O–H groups in total. The number of nitrogens with one attached hydrogen (secondary N) is 1. The molecule has 0 radical (unpaired) electrons. The van der Waals surface area contributed by atoms with Gasteiger partial charge in [0.2, 0.25) is 5.75 Å². The van der Waals surface area contributed by atoms with Gasteiger partial charge in [-0.25, -0.2) is 0 Å². The summed E-state index contributed by atoms with van der Waals surface area (Å²) >= 11 is 0. The molecule has 0 aliphatic carbocycles. The predicted octanol–water partition coefficient (Wildman–Crippen LogP) is 3.96. The number of benzene rings is 3. The van der Waals surface area contributed by atoms with Crippen molar-refractivity contribution in [3.63, 3.8) is 0 Å². The fraction of sp³-hybridized carbons (Fsp3) is 0.231. The SMILES string of the molecule is COc1cc(C(=O)NCC(=O)c2ccc(N(C)C)cc2)cc(OC)c1OCc1ccccc1. The highest BCUT2D eigenvalue weighted by molar-refractivity contribution is 6.02. The predicted molar refractivity (Wildman–Crippen MR) is 128 cm³/mol. The maximum Gasteiger partial charge on any atom is 0.251 e.